The van der Waals surface area contributed by atoms with Gasteiger partial charge in [0.2, 0.25) is 0 Å². The van der Waals surface area contributed by atoms with Crippen molar-refractivity contribution in [2.75, 3.05) is 23.3 Å². The molecule has 138 valence electrons. The maximum Gasteiger partial charge on any atom is 0.274 e. The van der Waals surface area contributed by atoms with E-state index in [9.17, 15) is 18.0 Å². The zero-order valence-corrected chi connectivity index (χ0v) is 14.4. The summed E-state index contributed by atoms with van der Waals surface area (Å²) in [6, 6.07) is 3.25. The van der Waals surface area contributed by atoms with E-state index >= 15 is 0 Å². The molecule has 2 heterocycles. The van der Waals surface area contributed by atoms with Gasteiger partial charge in [-0.3, -0.25) is 4.79 Å². The molecule has 0 atom stereocenters. The largest absolute Gasteiger partial charge is 0.356 e. The first-order chi connectivity index (χ1) is 12.5. The number of hydrogen-bond acceptors (Lipinski definition) is 4. The Morgan fingerprint density at radius 3 is 2.42 bits per heavy atom. The highest BCUT2D eigenvalue weighted by Crippen LogP contribution is 2.22. The number of halogens is 3. The number of carbonyl (C=O) groups is 1. The summed E-state index contributed by atoms with van der Waals surface area (Å²) in [6.45, 7) is 3.35. The lowest BCUT2D eigenvalue weighted by Gasteiger charge is -2.22. The Morgan fingerprint density at radius 2 is 1.73 bits per heavy atom. The van der Waals surface area contributed by atoms with Crippen molar-refractivity contribution in [1.82, 2.24) is 9.97 Å². The molecule has 26 heavy (non-hydrogen) atoms. The zero-order valence-electron chi connectivity index (χ0n) is 14.4. The minimum atomic E-state index is -1.63. The van der Waals surface area contributed by atoms with Crippen LogP contribution < -0.4 is 10.2 Å². The number of benzene rings is 1. The van der Waals surface area contributed by atoms with Gasteiger partial charge in [0.25, 0.3) is 5.91 Å². The van der Waals surface area contributed by atoms with Crippen LogP contribution in [0, 0.1) is 24.4 Å². The van der Waals surface area contributed by atoms with Gasteiger partial charge in [-0.25, -0.2) is 23.1 Å². The summed E-state index contributed by atoms with van der Waals surface area (Å²) in [6.07, 6.45) is 4.40. The van der Waals surface area contributed by atoms with Crippen molar-refractivity contribution in [3.05, 3.63) is 47.2 Å². The predicted octanol–water partition coefficient (Wildman–Crippen LogP) is 3.84. The number of amides is 1. The lowest BCUT2D eigenvalue weighted by Crippen LogP contribution is -2.26. The fourth-order valence-electron chi connectivity index (χ4n) is 2.94. The third kappa shape index (κ3) is 3.95. The van der Waals surface area contributed by atoms with E-state index in [2.05, 4.69) is 20.2 Å². The SMILES string of the molecule is Cc1nc(C(=O)Nc2ccc(F)c(F)c2F)cc(N2CCCCCC2)n1. The Balaban J connectivity index is 1.84. The van der Waals surface area contributed by atoms with E-state index in [0.29, 0.717) is 11.6 Å². The number of nitrogens with zero attached hydrogens (tertiary/aromatic N) is 3. The van der Waals surface area contributed by atoms with Crippen LogP contribution in [-0.2, 0) is 0 Å². The van der Waals surface area contributed by atoms with Crippen LogP contribution in [0.3, 0.4) is 0 Å². The molecule has 0 spiro atoms. The maximum atomic E-state index is 13.8. The van der Waals surface area contributed by atoms with Crippen molar-refractivity contribution in [2.24, 2.45) is 0 Å². The average Bonchev–Trinajstić information content (AvgIpc) is 2.91. The van der Waals surface area contributed by atoms with Crippen molar-refractivity contribution in [2.45, 2.75) is 32.6 Å². The van der Waals surface area contributed by atoms with Gasteiger partial charge in [0.05, 0.1) is 5.69 Å². The molecule has 5 nitrogen and oxygen atoms in total. The summed E-state index contributed by atoms with van der Waals surface area (Å²) in [5.74, 6) is -4.07. The van der Waals surface area contributed by atoms with Gasteiger partial charge in [-0.15, -0.1) is 0 Å². The molecule has 1 fully saturated rings. The molecule has 0 unspecified atom stereocenters. The Labute approximate surface area is 149 Å². The molecule has 0 radical (unpaired) electrons. The van der Waals surface area contributed by atoms with Crippen LogP contribution in [0.2, 0.25) is 0 Å². The molecule has 0 saturated carbocycles. The molecular formula is C18H19F3N4O. The topological polar surface area (TPSA) is 58.1 Å². The first-order valence-electron chi connectivity index (χ1n) is 8.51. The highest BCUT2D eigenvalue weighted by molar-refractivity contribution is 6.03. The van der Waals surface area contributed by atoms with Gasteiger partial charge in [-0.1, -0.05) is 12.8 Å². The molecule has 1 saturated heterocycles. The molecule has 1 N–H and O–H groups in total. The first kappa shape index (κ1) is 18.2. The third-order valence-electron chi connectivity index (χ3n) is 4.27. The normalized spacial score (nSPS) is 14.8. The number of carbonyl (C=O) groups excluding carboxylic acids is 1. The molecule has 8 heteroatoms. The van der Waals surface area contributed by atoms with Crippen LogP contribution in [-0.4, -0.2) is 29.0 Å². The molecule has 2 aromatic rings. The lowest BCUT2D eigenvalue weighted by atomic mass is 10.2. The van der Waals surface area contributed by atoms with Gasteiger partial charge in [0.1, 0.15) is 17.3 Å². The second-order valence-corrected chi connectivity index (χ2v) is 6.24. The van der Waals surface area contributed by atoms with E-state index in [1.807, 2.05) is 0 Å². The van der Waals surface area contributed by atoms with Crippen molar-refractivity contribution in [1.29, 1.82) is 0 Å². The average molecular weight is 364 g/mol. The van der Waals surface area contributed by atoms with Gasteiger partial charge < -0.3 is 10.2 Å². The van der Waals surface area contributed by atoms with Crippen LogP contribution in [0.1, 0.15) is 42.0 Å². The number of aryl methyl sites for hydroxylation is 1. The molecule has 3 rings (SSSR count). The molecular weight excluding hydrogens is 345 g/mol. The molecule has 1 aromatic carbocycles. The van der Waals surface area contributed by atoms with Crippen molar-refractivity contribution < 1.29 is 18.0 Å². The van der Waals surface area contributed by atoms with Crippen molar-refractivity contribution >= 4 is 17.4 Å². The summed E-state index contributed by atoms with van der Waals surface area (Å²) in [4.78, 5) is 23.0. The van der Waals surface area contributed by atoms with E-state index in [-0.39, 0.29) is 5.69 Å². The maximum absolute atomic E-state index is 13.8. The first-order valence-corrected chi connectivity index (χ1v) is 8.51. The zero-order chi connectivity index (χ0) is 18.7. The summed E-state index contributed by atoms with van der Waals surface area (Å²) >= 11 is 0. The Morgan fingerprint density at radius 1 is 1.04 bits per heavy atom. The van der Waals surface area contributed by atoms with Gasteiger partial charge >= 0.3 is 0 Å². The number of anilines is 2. The van der Waals surface area contributed by atoms with Crippen molar-refractivity contribution in [3.63, 3.8) is 0 Å². The van der Waals surface area contributed by atoms with E-state index < -0.39 is 29.0 Å². The van der Waals surface area contributed by atoms with Gasteiger partial charge in [0.15, 0.2) is 17.5 Å². The van der Waals surface area contributed by atoms with Gasteiger partial charge in [-0.2, -0.15) is 0 Å². The van der Waals surface area contributed by atoms with Crippen molar-refractivity contribution in [3.8, 4) is 0 Å². The van der Waals surface area contributed by atoms with Crippen LogP contribution >= 0.6 is 0 Å². The van der Waals surface area contributed by atoms with Gasteiger partial charge in [-0.05, 0) is 31.9 Å². The van der Waals surface area contributed by atoms with Crippen LogP contribution in [0.4, 0.5) is 24.7 Å². The van der Waals surface area contributed by atoms with Crippen LogP contribution in [0.5, 0.6) is 0 Å². The van der Waals surface area contributed by atoms with Gasteiger partial charge in [0, 0.05) is 19.2 Å². The summed E-state index contributed by atoms with van der Waals surface area (Å²) in [7, 11) is 0. The number of nitrogens with one attached hydrogen (secondary N) is 1. The third-order valence-corrected chi connectivity index (χ3v) is 4.27. The summed E-state index contributed by atoms with van der Waals surface area (Å²) in [5.41, 5.74) is -0.401. The second kappa shape index (κ2) is 7.72. The molecule has 0 aliphatic carbocycles. The number of aromatic nitrogens is 2. The lowest BCUT2D eigenvalue weighted by molar-refractivity contribution is 0.102. The van der Waals surface area contributed by atoms with E-state index in [1.54, 1.807) is 6.92 Å². The Bertz CT molecular complexity index is 820. The minimum absolute atomic E-state index is 0.0425. The van der Waals surface area contributed by atoms with E-state index in [1.165, 1.54) is 6.07 Å². The highest BCUT2D eigenvalue weighted by atomic mass is 19.2. The Kier molecular flexibility index (Phi) is 5.39. The monoisotopic (exact) mass is 364 g/mol. The summed E-state index contributed by atoms with van der Waals surface area (Å²) < 4.78 is 40.1. The molecule has 1 amide bonds. The smallest absolute Gasteiger partial charge is 0.274 e. The number of hydrogen-bond donors (Lipinski definition) is 1. The standard InChI is InChI=1S/C18H19F3N4O/c1-11-22-14(10-15(23-11)25-8-4-2-3-5-9-25)18(26)24-13-7-6-12(19)16(20)17(13)21/h6-7,10H,2-5,8-9H2,1H3,(H,24,26). The Hall–Kier alpha value is -2.64. The van der Waals surface area contributed by atoms with Crippen LogP contribution in [0.15, 0.2) is 18.2 Å². The predicted molar refractivity (Wildman–Crippen MR) is 91.7 cm³/mol. The van der Waals surface area contributed by atoms with E-state index in [0.717, 1.165) is 50.9 Å². The highest BCUT2D eigenvalue weighted by Gasteiger charge is 2.19. The van der Waals surface area contributed by atoms with Crippen LogP contribution in [0.25, 0.3) is 0 Å². The van der Waals surface area contributed by atoms with E-state index in [4.69, 9.17) is 0 Å². The molecule has 1 aliphatic rings. The second-order valence-electron chi connectivity index (χ2n) is 6.24. The quantitative estimate of drug-likeness (QED) is 0.841. The number of rotatable bonds is 3. The fraction of sp³-hybridized carbons (Fsp3) is 0.389. The molecule has 0 bridgehead atoms. The summed E-state index contributed by atoms with van der Waals surface area (Å²) in [5, 5.41) is 2.23. The molecule has 1 aliphatic heterocycles. The minimum Gasteiger partial charge on any atom is -0.356 e. The molecule has 1 aromatic heterocycles. The fourth-order valence-corrected chi connectivity index (χ4v) is 2.94.